The van der Waals surface area contributed by atoms with Crippen LogP contribution < -0.4 is 10.2 Å². The molecule has 1 fully saturated rings. The first-order valence-electron chi connectivity index (χ1n) is 8.83. The van der Waals surface area contributed by atoms with Gasteiger partial charge >= 0.3 is 0 Å². The summed E-state index contributed by atoms with van der Waals surface area (Å²) in [5.74, 6) is 0.193. The Hall–Kier alpha value is -1.36. The lowest BCUT2D eigenvalue weighted by atomic mass is 10.1. The van der Waals surface area contributed by atoms with E-state index >= 15 is 0 Å². The highest BCUT2D eigenvalue weighted by Gasteiger charge is 2.33. The van der Waals surface area contributed by atoms with Gasteiger partial charge in [0.15, 0.2) is 0 Å². The summed E-state index contributed by atoms with van der Waals surface area (Å²) in [7, 11) is 0. The predicted octanol–water partition coefficient (Wildman–Crippen LogP) is 3.21. The Bertz CT molecular complexity index is 604. The molecule has 0 bridgehead atoms. The first-order chi connectivity index (χ1) is 11.7. The molecule has 1 atom stereocenters. The number of amides is 1. The molecule has 2 heterocycles. The molecule has 0 aromatic heterocycles. The lowest BCUT2D eigenvalue weighted by Crippen LogP contribution is -2.41. The maximum Gasteiger partial charge on any atom is 0.228 e. The molecule has 0 saturated carbocycles. The standard InChI is InChI=1S/C19H26ClN3O/c1-2-3-9-21-10-8-19(24)23-14-17-5-4-11-22(17)13-15-12-16(20)6-7-18(15)23/h2,6-7,12,17,21H,1,3-5,8-11,13-14H2. The highest BCUT2D eigenvalue weighted by atomic mass is 35.5. The Morgan fingerprint density at radius 2 is 2.29 bits per heavy atom. The van der Waals surface area contributed by atoms with Crippen LogP contribution in [0, 0.1) is 0 Å². The summed E-state index contributed by atoms with van der Waals surface area (Å²) in [6, 6.07) is 6.37. The molecule has 1 N–H and O–H groups in total. The smallest absolute Gasteiger partial charge is 0.228 e. The average molecular weight is 348 g/mol. The molecule has 3 rings (SSSR count). The van der Waals surface area contributed by atoms with Gasteiger partial charge in [-0.15, -0.1) is 6.58 Å². The molecular weight excluding hydrogens is 322 g/mol. The molecule has 4 nitrogen and oxygen atoms in total. The van der Waals surface area contributed by atoms with Crippen molar-refractivity contribution in [2.75, 3.05) is 31.1 Å². The first kappa shape index (κ1) is 17.5. The summed E-state index contributed by atoms with van der Waals surface area (Å²) >= 11 is 6.19. The molecule has 24 heavy (non-hydrogen) atoms. The number of rotatable bonds is 6. The number of hydrogen-bond acceptors (Lipinski definition) is 3. The fraction of sp³-hybridized carbons (Fsp3) is 0.526. The zero-order valence-electron chi connectivity index (χ0n) is 14.1. The SMILES string of the molecule is C=CCCNCCC(=O)N1CC2CCCN2Cc2cc(Cl)ccc21. The minimum absolute atomic E-state index is 0.193. The first-order valence-corrected chi connectivity index (χ1v) is 9.21. The summed E-state index contributed by atoms with van der Waals surface area (Å²) in [5.41, 5.74) is 2.20. The van der Waals surface area contributed by atoms with Gasteiger partial charge in [-0.3, -0.25) is 9.69 Å². The second-order valence-electron chi connectivity index (χ2n) is 6.62. The van der Waals surface area contributed by atoms with Crippen molar-refractivity contribution in [1.29, 1.82) is 0 Å². The van der Waals surface area contributed by atoms with Gasteiger partial charge < -0.3 is 10.2 Å². The van der Waals surface area contributed by atoms with E-state index in [2.05, 4.69) is 16.8 Å². The summed E-state index contributed by atoms with van der Waals surface area (Å²) in [6.45, 7) is 8.09. The highest BCUT2D eigenvalue weighted by molar-refractivity contribution is 6.30. The molecule has 5 heteroatoms. The van der Waals surface area contributed by atoms with Crippen LogP contribution in [0.1, 0.15) is 31.2 Å². The van der Waals surface area contributed by atoms with Crippen LogP contribution in [0.2, 0.25) is 5.02 Å². The van der Waals surface area contributed by atoms with Crippen LogP contribution in [0.15, 0.2) is 30.9 Å². The molecule has 0 aliphatic carbocycles. The third-order valence-electron chi connectivity index (χ3n) is 4.94. The largest absolute Gasteiger partial charge is 0.316 e. The van der Waals surface area contributed by atoms with Gasteiger partial charge in [0.25, 0.3) is 0 Å². The molecule has 0 spiro atoms. The number of fused-ring (bicyclic) bond motifs is 2. The van der Waals surface area contributed by atoms with Gasteiger partial charge in [0.2, 0.25) is 5.91 Å². The molecule has 1 aromatic rings. The molecule has 1 unspecified atom stereocenters. The van der Waals surface area contributed by atoms with Gasteiger partial charge in [0.05, 0.1) is 0 Å². The van der Waals surface area contributed by atoms with Crippen LogP contribution in [0.5, 0.6) is 0 Å². The van der Waals surface area contributed by atoms with E-state index in [0.717, 1.165) is 43.3 Å². The molecule has 1 amide bonds. The van der Waals surface area contributed by atoms with E-state index in [9.17, 15) is 4.79 Å². The normalized spacial score (nSPS) is 20.4. The van der Waals surface area contributed by atoms with Crippen molar-refractivity contribution in [2.24, 2.45) is 0 Å². The zero-order valence-corrected chi connectivity index (χ0v) is 14.9. The van der Waals surface area contributed by atoms with Gasteiger partial charge in [-0.25, -0.2) is 0 Å². The van der Waals surface area contributed by atoms with Crippen LogP contribution in [0.25, 0.3) is 0 Å². The van der Waals surface area contributed by atoms with Gasteiger partial charge in [-0.1, -0.05) is 17.7 Å². The Labute approximate surface area is 149 Å². The minimum Gasteiger partial charge on any atom is -0.316 e. The van der Waals surface area contributed by atoms with Gasteiger partial charge in [-0.05, 0) is 56.1 Å². The molecule has 1 saturated heterocycles. The van der Waals surface area contributed by atoms with Crippen LogP contribution in [-0.2, 0) is 11.3 Å². The number of carbonyl (C=O) groups is 1. The quantitative estimate of drug-likeness (QED) is 0.634. The van der Waals surface area contributed by atoms with Crippen molar-refractivity contribution in [3.05, 3.63) is 41.4 Å². The van der Waals surface area contributed by atoms with E-state index in [1.54, 1.807) is 0 Å². The second kappa shape index (κ2) is 8.15. The Balaban J connectivity index is 1.73. The fourth-order valence-corrected chi connectivity index (χ4v) is 3.87. The molecular formula is C19H26ClN3O. The second-order valence-corrected chi connectivity index (χ2v) is 7.06. The minimum atomic E-state index is 0.193. The van der Waals surface area contributed by atoms with E-state index in [1.807, 2.05) is 29.2 Å². The Morgan fingerprint density at radius 3 is 3.12 bits per heavy atom. The third kappa shape index (κ3) is 4.00. The van der Waals surface area contributed by atoms with Crippen molar-refractivity contribution < 1.29 is 4.79 Å². The van der Waals surface area contributed by atoms with E-state index in [1.165, 1.54) is 18.4 Å². The van der Waals surface area contributed by atoms with E-state index in [4.69, 9.17) is 11.6 Å². The van der Waals surface area contributed by atoms with E-state index in [-0.39, 0.29) is 5.91 Å². The number of nitrogens with one attached hydrogen (secondary N) is 1. The number of carbonyl (C=O) groups excluding carboxylic acids is 1. The molecule has 130 valence electrons. The van der Waals surface area contributed by atoms with Crippen LogP contribution in [0.3, 0.4) is 0 Å². The summed E-state index contributed by atoms with van der Waals surface area (Å²) < 4.78 is 0. The Morgan fingerprint density at radius 1 is 1.42 bits per heavy atom. The van der Waals surface area contributed by atoms with E-state index in [0.29, 0.717) is 19.0 Å². The summed E-state index contributed by atoms with van der Waals surface area (Å²) in [4.78, 5) is 17.3. The maximum atomic E-state index is 12.8. The van der Waals surface area contributed by atoms with Gasteiger partial charge in [0, 0.05) is 42.8 Å². The van der Waals surface area contributed by atoms with E-state index < -0.39 is 0 Å². The fourth-order valence-electron chi connectivity index (χ4n) is 3.68. The average Bonchev–Trinajstić information content (AvgIpc) is 2.94. The third-order valence-corrected chi connectivity index (χ3v) is 5.18. The summed E-state index contributed by atoms with van der Waals surface area (Å²) in [6.07, 6.45) is 5.72. The molecule has 1 aromatic carbocycles. The zero-order chi connectivity index (χ0) is 16.9. The number of hydrogen-bond donors (Lipinski definition) is 1. The van der Waals surface area contributed by atoms with Gasteiger partial charge in [-0.2, -0.15) is 0 Å². The van der Waals surface area contributed by atoms with Crippen LogP contribution in [0.4, 0.5) is 5.69 Å². The van der Waals surface area contributed by atoms with Crippen LogP contribution >= 0.6 is 11.6 Å². The summed E-state index contributed by atoms with van der Waals surface area (Å²) in [5, 5.41) is 4.04. The predicted molar refractivity (Wildman–Crippen MR) is 99.5 cm³/mol. The van der Waals surface area contributed by atoms with Crippen LogP contribution in [-0.4, -0.2) is 43.0 Å². The van der Waals surface area contributed by atoms with Gasteiger partial charge in [0.1, 0.15) is 0 Å². The Kier molecular flexibility index (Phi) is 5.93. The molecule has 0 radical (unpaired) electrons. The lowest BCUT2D eigenvalue weighted by molar-refractivity contribution is -0.118. The monoisotopic (exact) mass is 347 g/mol. The number of benzene rings is 1. The topological polar surface area (TPSA) is 35.6 Å². The number of anilines is 1. The number of halogens is 1. The van der Waals surface area contributed by atoms with Crippen molar-refractivity contribution >= 4 is 23.2 Å². The van der Waals surface area contributed by atoms with Crippen molar-refractivity contribution in [1.82, 2.24) is 10.2 Å². The maximum absolute atomic E-state index is 12.8. The highest BCUT2D eigenvalue weighted by Crippen LogP contribution is 2.33. The lowest BCUT2D eigenvalue weighted by Gasteiger charge is -2.26. The van der Waals surface area contributed by atoms with Crippen molar-refractivity contribution in [3.63, 3.8) is 0 Å². The molecule has 2 aliphatic rings. The number of nitrogens with zero attached hydrogens (tertiary/aromatic N) is 2. The molecule has 2 aliphatic heterocycles. The van der Waals surface area contributed by atoms with Crippen molar-refractivity contribution in [2.45, 2.75) is 38.3 Å². The van der Waals surface area contributed by atoms with Crippen molar-refractivity contribution in [3.8, 4) is 0 Å².